The van der Waals surface area contributed by atoms with Crippen LogP contribution in [0.25, 0.3) is 11.1 Å². The molecule has 0 saturated carbocycles. The molecule has 0 aliphatic heterocycles. The molecule has 1 heterocycles. The highest BCUT2D eigenvalue weighted by atomic mass is 35.5. The summed E-state index contributed by atoms with van der Waals surface area (Å²) in [6.45, 7) is 2.24. The van der Waals surface area contributed by atoms with Crippen LogP contribution in [0.15, 0.2) is 22.6 Å². The fraction of sp³-hybridized carbons (Fsp3) is 0.364. The first-order valence-electron chi connectivity index (χ1n) is 5.40. The van der Waals surface area contributed by atoms with Gasteiger partial charge in [-0.3, -0.25) is 4.55 Å². The van der Waals surface area contributed by atoms with E-state index in [2.05, 4.69) is 0 Å². The van der Waals surface area contributed by atoms with Gasteiger partial charge in [0, 0.05) is 17.5 Å². The van der Waals surface area contributed by atoms with E-state index < -0.39 is 10.1 Å². The highest BCUT2D eigenvalue weighted by molar-refractivity contribution is 7.85. The maximum atomic E-state index is 10.7. The monoisotopic (exact) mass is 290 g/mol. The Labute approximate surface area is 110 Å². The number of halogens is 1. The van der Waals surface area contributed by atoms with Gasteiger partial charge in [0.05, 0.1) is 12.7 Å². The Balaban J connectivity index is 2.27. The minimum absolute atomic E-state index is 0.271. The third kappa shape index (κ3) is 3.01. The van der Waals surface area contributed by atoms with Crippen LogP contribution < -0.4 is 4.57 Å². The van der Waals surface area contributed by atoms with E-state index in [1.807, 2.05) is 4.57 Å². The topological polar surface area (TPSA) is 71.4 Å². The van der Waals surface area contributed by atoms with Gasteiger partial charge >= 0.3 is 5.89 Å². The van der Waals surface area contributed by atoms with Crippen LogP contribution in [0.2, 0.25) is 5.02 Å². The van der Waals surface area contributed by atoms with Gasteiger partial charge in [-0.15, -0.1) is 0 Å². The summed E-state index contributed by atoms with van der Waals surface area (Å²) in [5.41, 5.74) is 1.51. The second-order valence-electron chi connectivity index (χ2n) is 4.02. The van der Waals surface area contributed by atoms with Crippen molar-refractivity contribution in [2.75, 3.05) is 5.75 Å². The summed E-state index contributed by atoms with van der Waals surface area (Å²) in [4.78, 5) is 0. The Morgan fingerprint density at radius 1 is 1.44 bits per heavy atom. The fourth-order valence-electron chi connectivity index (χ4n) is 1.85. The molecule has 98 valence electrons. The van der Waals surface area contributed by atoms with Gasteiger partial charge in [0.15, 0.2) is 6.54 Å². The molecule has 18 heavy (non-hydrogen) atoms. The summed E-state index contributed by atoms with van der Waals surface area (Å²) in [6, 6.07) is 5.26. The van der Waals surface area contributed by atoms with Crippen molar-refractivity contribution in [1.82, 2.24) is 0 Å². The van der Waals surface area contributed by atoms with E-state index in [1.165, 1.54) is 0 Å². The molecule has 7 heteroatoms. The summed E-state index contributed by atoms with van der Waals surface area (Å²) < 4.78 is 37.4. The molecule has 0 aliphatic carbocycles. The molecule has 1 aromatic carbocycles. The normalized spacial score (nSPS) is 12.2. The molecule has 0 bridgehead atoms. The lowest BCUT2D eigenvalue weighted by molar-refractivity contribution is -0.682. The third-order valence-electron chi connectivity index (χ3n) is 2.63. The van der Waals surface area contributed by atoms with Crippen LogP contribution in [0.1, 0.15) is 12.3 Å². The Hall–Kier alpha value is -1.11. The number of aromatic nitrogens is 1. The van der Waals surface area contributed by atoms with E-state index in [1.54, 1.807) is 25.1 Å². The number of aryl methyl sites for hydroxylation is 2. The van der Waals surface area contributed by atoms with Gasteiger partial charge in [0.2, 0.25) is 5.58 Å². The van der Waals surface area contributed by atoms with Crippen molar-refractivity contribution in [3.8, 4) is 0 Å². The van der Waals surface area contributed by atoms with Crippen LogP contribution in [-0.4, -0.2) is 18.7 Å². The van der Waals surface area contributed by atoms with Gasteiger partial charge in [-0.25, -0.2) is 0 Å². The third-order valence-corrected chi connectivity index (χ3v) is 3.67. The first kappa shape index (κ1) is 13.3. The molecule has 0 fully saturated rings. The Morgan fingerprint density at radius 2 is 2.17 bits per heavy atom. The van der Waals surface area contributed by atoms with E-state index in [-0.39, 0.29) is 5.75 Å². The lowest BCUT2D eigenvalue weighted by atomic mass is 10.3. The molecule has 0 spiro atoms. The van der Waals surface area contributed by atoms with E-state index >= 15 is 0 Å². The zero-order valence-electron chi connectivity index (χ0n) is 9.76. The minimum atomic E-state index is -3.92. The Bertz CT molecular complexity index is 678. The van der Waals surface area contributed by atoms with Crippen molar-refractivity contribution in [3.63, 3.8) is 0 Å². The Morgan fingerprint density at radius 3 is 2.83 bits per heavy atom. The maximum Gasteiger partial charge on any atom is 0.344 e. The van der Waals surface area contributed by atoms with Crippen LogP contribution in [0.3, 0.4) is 0 Å². The quantitative estimate of drug-likeness (QED) is 0.690. The van der Waals surface area contributed by atoms with Crippen molar-refractivity contribution < 1.29 is 22.0 Å². The van der Waals surface area contributed by atoms with Crippen LogP contribution in [0, 0.1) is 6.92 Å². The molecule has 1 N–H and O–H groups in total. The Kier molecular flexibility index (Phi) is 3.61. The van der Waals surface area contributed by atoms with Gasteiger partial charge in [-0.05, 0) is 12.1 Å². The van der Waals surface area contributed by atoms with Gasteiger partial charge in [0.25, 0.3) is 15.6 Å². The zero-order valence-corrected chi connectivity index (χ0v) is 11.3. The average Bonchev–Trinajstić information content (AvgIpc) is 2.54. The molecule has 1 aromatic heterocycles. The van der Waals surface area contributed by atoms with Crippen LogP contribution in [0.5, 0.6) is 0 Å². The summed E-state index contributed by atoms with van der Waals surface area (Å²) >= 11 is 5.92. The molecule has 5 nitrogen and oxygen atoms in total. The number of hydrogen-bond acceptors (Lipinski definition) is 3. The second kappa shape index (κ2) is 4.87. The molecule has 2 rings (SSSR count). The number of fused-ring (bicyclic) bond motifs is 1. The molecule has 0 aliphatic rings. The van der Waals surface area contributed by atoms with E-state index in [9.17, 15) is 8.42 Å². The van der Waals surface area contributed by atoms with E-state index in [0.717, 1.165) is 5.52 Å². The van der Waals surface area contributed by atoms with Crippen LogP contribution in [0.4, 0.5) is 0 Å². The van der Waals surface area contributed by atoms with E-state index in [4.69, 9.17) is 20.6 Å². The predicted molar refractivity (Wildman–Crippen MR) is 67.2 cm³/mol. The average molecular weight is 291 g/mol. The van der Waals surface area contributed by atoms with Crippen molar-refractivity contribution >= 4 is 32.8 Å². The van der Waals surface area contributed by atoms with Crippen LogP contribution in [-0.2, 0) is 16.7 Å². The minimum Gasteiger partial charge on any atom is -0.402 e. The van der Waals surface area contributed by atoms with Gasteiger partial charge in [-0.1, -0.05) is 11.6 Å². The predicted octanol–water partition coefficient (Wildman–Crippen LogP) is 1.96. The SMILES string of the molecule is Cc1oc2ccc(Cl)cc2[n+]1CCCS(=O)(=O)O. The molecule has 0 unspecified atom stereocenters. The molecule has 0 amide bonds. The van der Waals surface area contributed by atoms with Crippen LogP contribution >= 0.6 is 11.6 Å². The molecule has 0 saturated heterocycles. The maximum absolute atomic E-state index is 10.7. The smallest absolute Gasteiger partial charge is 0.344 e. The number of benzene rings is 1. The summed E-state index contributed by atoms with van der Waals surface area (Å²) in [7, 11) is -3.92. The number of hydrogen-bond donors (Lipinski definition) is 1. The summed E-state index contributed by atoms with van der Waals surface area (Å²) in [6.07, 6.45) is 0.311. The number of oxazole rings is 1. The highest BCUT2D eigenvalue weighted by Crippen LogP contribution is 2.18. The largest absolute Gasteiger partial charge is 0.402 e. The number of nitrogens with zero attached hydrogens (tertiary/aromatic N) is 1. The number of rotatable bonds is 4. The standard InChI is InChI=1S/C11H12ClNO4S/c1-8-13(5-2-6-18(14,15)16)10-7-9(12)3-4-11(10)17-8/h3-4,7H,2,5-6H2,1H3/p+1. The zero-order chi connectivity index (χ0) is 13.3. The van der Waals surface area contributed by atoms with Crippen molar-refractivity contribution in [3.05, 3.63) is 29.1 Å². The van der Waals surface area contributed by atoms with Crippen molar-refractivity contribution in [1.29, 1.82) is 0 Å². The summed E-state index contributed by atoms with van der Waals surface area (Å²) in [5.74, 6) is 0.398. The highest BCUT2D eigenvalue weighted by Gasteiger charge is 2.19. The molecular weight excluding hydrogens is 278 g/mol. The molecule has 2 aromatic rings. The van der Waals surface area contributed by atoms with Gasteiger partial charge in [-0.2, -0.15) is 13.0 Å². The summed E-state index contributed by atoms with van der Waals surface area (Å²) in [5, 5.41) is 0.590. The van der Waals surface area contributed by atoms with Gasteiger partial charge in [0.1, 0.15) is 0 Å². The molecule has 0 radical (unpaired) electrons. The first-order chi connectivity index (χ1) is 8.37. The molecule has 0 atom stereocenters. The van der Waals surface area contributed by atoms with Gasteiger partial charge < -0.3 is 4.42 Å². The second-order valence-corrected chi connectivity index (χ2v) is 6.03. The van der Waals surface area contributed by atoms with Crippen molar-refractivity contribution in [2.45, 2.75) is 19.9 Å². The lowest BCUT2D eigenvalue weighted by Crippen LogP contribution is -2.36. The van der Waals surface area contributed by atoms with Crippen molar-refractivity contribution in [2.24, 2.45) is 0 Å². The molecular formula is C11H13ClNO4S+. The fourth-order valence-corrected chi connectivity index (χ4v) is 2.51. The van der Waals surface area contributed by atoms with E-state index in [0.29, 0.717) is 29.5 Å². The lowest BCUT2D eigenvalue weighted by Gasteiger charge is -1.95. The first-order valence-corrected chi connectivity index (χ1v) is 7.39.